The number of amides is 1. The minimum atomic E-state index is -0.0552. The minimum absolute atomic E-state index is 0.0552. The SMILES string of the molecule is COc1ccnc(CSCc2cccc(NC(C)=O)c2)c1. The number of benzene rings is 1. The topological polar surface area (TPSA) is 51.2 Å². The van der Waals surface area contributed by atoms with E-state index in [1.54, 1.807) is 25.1 Å². The molecule has 5 heteroatoms. The predicted molar refractivity (Wildman–Crippen MR) is 86.5 cm³/mol. The Morgan fingerprint density at radius 3 is 2.90 bits per heavy atom. The maximum atomic E-state index is 11.0. The van der Waals surface area contributed by atoms with Gasteiger partial charge in [-0.05, 0) is 23.8 Å². The lowest BCUT2D eigenvalue weighted by atomic mass is 10.2. The molecule has 0 saturated carbocycles. The zero-order chi connectivity index (χ0) is 15.1. The number of hydrogen-bond donors (Lipinski definition) is 1. The number of pyridine rings is 1. The van der Waals surface area contributed by atoms with Crippen LogP contribution in [-0.2, 0) is 16.3 Å². The molecule has 1 aromatic carbocycles. The number of hydrogen-bond acceptors (Lipinski definition) is 4. The van der Waals surface area contributed by atoms with E-state index >= 15 is 0 Å². The molecule has 2 rings (SSSR count). The first-order chi connectivity index (χ1) is 10.2. The Morgan fingerprint density at radius 2 is 2.14 bits per heavy atom. The molecule has 0 unspecified atom stereocenters. The van der Waals surface area contributed by atoms with Crippen LogP contribution in [0.3, 0.4) is 0 Å². The van der Waals surface area contributed by atoms with Crippen molar-refractivity contribution in [2.24, 2.45) is 0 Å². The van der Waals surface area contributed by atoms with E-state index in [4.69, 9.17) is 4.74 Å². The van der Waals surface area contributed by atoms with Crippen molar-refractivity contribution in [2.45, 2.75) is 18.4 Å². The second-order valence-electron chi connectivity index (χ2n) is 4.56. The van der Waals surface area contributed by atoms with E-state index in [2.05, 4.69) is 16.4 Å². The summed E-state index contributed by atoms with van der Waals surface area (Å²) in [6.07, 6.45) is 1.76. The average Bonchev–Trinajstić information content (AvgIpc) is 2.47. The molecule has 0 aliphatic rings. The van der Waals surface area contributed by atoms with Gasteiger partial charge in [0.05, 0.1) is 12.8 Å². The monoisotopic (exact) mass is 302 g/mol. The third kappa shape index (κ3) is 5.11. The van der Waals surface area contributed by atoms with Gasteiger partial charge in [-0.15, -0.1) is 0 Å². The fourth-order valence-corrected chi connectivity index (χ4v) is 2.76. The number of nitrogens with zero attached hydrogens (tertiary/aromatic N) is 1. The van der Waals surface area contributed by atoms with Gasteiger partial charge in [-0.3, -0.25) is 9.78 Å². The molecule has 4 nitrogen and oxygen atoms in total. The van der Waals surface area contributed by atoms with Gasteiger partial charge in [0.1, 0.15) is 5.75 Å². The Hall–Kier alpha value is -2.01. The fourth-order valence-electron chi connectivity index (χ4n) is 1.88. The number of rotatable bonds is 6. The Balaban J connectivity index is 1.89. The first kappa shape index (κ1) is 15.4. The van der Waals surface area contributed by atoms with Gasteiger partial charge in [-0.25, -0.2) is 0 Å². The minimum Gasteiger partial charge on any atom is -0.497 e. The molecule has 0 aliphatic heterocycles. The summed E-state index contributed by atoms with van der Waals surface area (Å²) in [5, 5.41) is 2.79. The molecule has 1 N–H and O–H groups in total. The molecule has 0 radical (unpaired) electrons. The van der Waals surface area contributed by atoms with Gasteiger partial charge in [-0.2, -0.15) is 11.8 Å². The molecular formula is C16H18N2O2S. The van der Waals surface area contributed by atoms with E-state index in [1.807, 2.05) is 30.3 Å². The Bertz CT molecular complexity index is 617. The molecule has 1 amide bonds. The van der Waals surface area contributed by atoms with E-state index in [0.717, 1.165) is 28.6 Å². The summed E-state index contributed by atoms with van der Waals surface area (Å²) in [6.45, 7) is 1.51. The van der Waals surface area contributed by atoms with Gasteiger partial charge in [0.15, 0.2) is 0 Å². The van der Waals surface area contributed by atoms with Crippen LogP contribution in [0.2, 0.25) is 0 Å². The smallest absolute Gasteiger partial charge is 0.221 e. The van der Waals surface area contributed by atoms with Crippen molar-refractivity contribution in [3.8, 4) is 5.75 Å². The predicted octanol–water partition coefficient (Wildman–Crippen LogP) is 3.48. The lowest BCUT2D eigenvalue weighted by Gasteiger charge is -2.06. The van der Waals surface area contributed by atoms with Gasteiger partial charge in [0.2, 0.25) is 5.91 Å². The number of ether oxygens (including phenoxy) is 1. The second-order valence-corrected chi connectivity index (χ2v) is 5.55. The maximum Gasteiger partial charge on any atom is 0.221 e. The largest absolute Gasteiger partial charge is 0.497 e. The van der Waals surface area contributed by atoms with Gasteiger partial charge in [0.25, 0.3) is 0 Å². The van der Waals surface area contributed by atoms with Gasteiger partial charge >= 0.3 is 0 Å². The van der Waals surface area contributed by atoms with Crippen LogP contribution in [0, 0.1) is 0 Å². The van der Waals surface area contributed by atoms with Crippen LogP contribution in [0.1, 0.15) is 18.2 Å². The number of methoxy groups -OCH3 is 1. The van der Waals surface area contributed by atoms with Crippen LogP contribution < -0.4 is 10.1 Å². The summed E-state index contributed by atoms with van der Waals surface area (Å²) in [6, 6.07) is 11.7. The van der Waals surface area contributed by atoms with E-state index < -0.39 is 0 Å². The van der Waals surface area contributed by atoms with Crippen LogP contribution in [0.5, 0.6) is 5.75 Å². The van der Waals surface area contributed by atoms with Crippen molar-refractivity contribution < 1.29 is 9.53 Å². The third-order valence-electron chi connectivity index (χ3n) is 2.79. The van der Waals surface area contributed by atoms with Crippen LogP contribution in [0.15, 0.2) is 42.6 Å². The van der Waals surface area contributed by atoms with Crippen molar-refractivity contribution in [3.05, 3.63) is 53.9 Å². The number of nitrogens with one attached hydrogen (secondary N) is 1. The van der Waals surface area contributed by atoms with Gasteiger partial charge in [0, 0.05) is 36.4 Å². The zero-order valence-corrected chi connectivity index (χ0v) is 12.9. The first-order valence-electron chi connectivity index (χ1n) is 6.60. The molecule has 0 bridgehead atoms. The standard InChI is InChI=1S/C16H18N2O2S/c1-12(19)18-14-5-3-4-13(8-14)10-21-11-15-9-16(20-2)6-7-17-15/h3-9H,10-11H2,1-2H3,(H,18,19). The molecule has 2 aromatic rings. The van der Waals surface area contributed by atoms with Gasteiger partial charge < -0.3 is 10.1 Å². The number of anilines is 1. The second kappa shape index (κ2) is 7.69. The van der Waals surface area contributed by atoms with Crippen LogP contribution >= 0.6 is 11.8 Å². The Morgan fingerprint density at radius 1 is 1.29 bits per heavy atom. The summed E-state index contributed by atoms with van der Waals surface area (Å²) < 4.78 is 5.18. The van der Waals surface area contributed by atoms with E-state index in [9.17, 15) is 4.79 Å². The van der Waals surface area contributed by atoms with Crippen molar-refractivity contribution in [1.29, 1.82) is 0 Å². The highest BCUT2D eigenvalue weighted by molar-refractivity contribution is 7.97. The van der Waals surface area contributed by atoms with Crippen molar-refractivity contribution in [1.82, 2.24) is 4.98 Å². The molecule has 1 heterocycles. The van der Waals surface area contributed by atoms with Crippen molar-refractivity contribution >= 4 is 23.4 Å². The van der Waals surface area contributed by atoms with E-state index in [-0.39, 0.29) is 5.91 Å². The normalized spacial score (nSPS) is 10.2. The molecule has 0 fully saturated rings. The van der Waals surface area contributed by atoms with Crippen LogP contribution in [-0.4, -0.2) is 18.0 Å². The highest BCUT2D eigenvalue weighted by Gasteiger charge is 2.01. The maximum absolute atomic E-state index is 11.0. The van der Waals surface area contributed by atoms with E-state index in [0.29, 0.717) is 0 Å². The molecular weight excluding hydrogens is 284 g/mol. The quantitative estimate of drug-likeness (QED) is 0.887. The van der Waals surface area contributed by atoms with Crippen molar-refractivity contribution in [2.75, 3.05) is 12.4 Å². The Labute approximate surface area is 128 Å². The summed E-state index contributed by atoms with van der Waals surface area (Å²) >= 11 is 1.78. The molecule has 0 saturated heterocycles. The third-order valence-corrected chi connectivity index (χ3v) is 3.83. The number of aromatic nitrogens is 1. The molecule has 0 aliphatic carbocycles. The number of carbonyl (C=O) groups is 1. The van der Waals surface area contributed by atoms with E-state index in [1.165, 1.54) is 12.5 Å². The first-order valence-corrected chi connectivity index (χ1v) is 7.76. The summed E-state index contributed by atoms with van der Waals surface area (Å²) in [5.74, 6) is 2.46. The lowest BCUT2D eigenvalue weighted by molar-refractivity contribution is -0.114. The fraction of sp³-hybridized carbons (Fsp3) is 0.250. The summed E-state index contributed by atoms with van der Waals surface area (Å²) in [5.41, 5.74) is 3.01. The zero-order valence-electron chi connectivity index (χ0n) is 12.1. The van der Waals surface area contributed by atoms with Crippen molar-refractivity contribution in [3.63, 3.8) is 0 Å². The summed E-state index contributed by atoms with van der Waals surface area (Å²) in [4.78, 5) is 15.4. The average molecular weight is 302 g/mol. The number of carbonyl (C=O) groups excluding carboxylic acids is 1. The lowest BCUT2D eigenvalue weighted by Crippen LogP contribution is -2.05. The summed E-state index contributed by atoms with van der Waals surface area (Å²) in [7, 11) is 1.65. The Kier molecular flexibility index (Phi) is 5.63. The van der Waals surface area contributed by atoms with Crippen LogP contribution in [0.25, 0.3) is 0 Å². The highest BCUT2D eigenvalue weighted by Crippen LogP contribution is 2.21. The molecule has 0 spiro atoms. The molecule has 1 aromatic heterocycles. The highest BCUT2D eigenvalue weighted by atomic mass is 32.2. The number of thioether (sulfide) groups is 1. The molecule has 110 valence electrons. The van der Waals surface area contributed by atoms with Crippen LogP contribution in [0.4, 0.5) is 5.69 Å². The molecule has 21 heavy (non-hydrogen) atoms. The molecule has 0 atom stereocenters. The van der Waals surface area contributed by atoms with Gasteiger partial charge in [-0.1, -0.05) is 12.1 Å².